The van der Waals surface area contributed by atoms with E-state index < -0.39 is 5.60 Å². The zero-order valence-corrected chi connectivity index (χ0v) is 11.8. The fourth-order valence-electron chi connectivity index (χ4n) is 2.72. The van der Waals surface area contributed by atoms with Gasteiger partial charge in [-0.25, -0.2) is 0 Å². The maximum atomic E-state index is 10.4. The number of rotatable bonds is 3. The first-order valence-corrected chi connectivity index (χ1v) is 6.93. The summed E-state index contributed by atoms with van der Waals surface area (Å²) in [6, 6.07) is 4.23. The van der Waals surface area contributed by atoms with E-state index >= 15 is 0 Å². The highest BCUT2D eigenvalue weighted by Gasteiger charge is 2.30. The molecule has 1 aromatic rings. The van der Waals surface area contributed by atoms with Crippen molar-refractivity contribution in [1.29, 1.82) is 0 Å². The van der Waals surface area contributed by atoms with Gasteiger partial charge in [0, 0.05) is 0 Å². The van der Waals surface area contributed by atoms with Crippen molar-refractivity contribution in [2.45, 2.75) is 58.5 Å². The lowest BCUT2D eigenvalue weighted by atomic mass is 9.85. The van der Waals surface area contributed by atoms with E-state index in [4.69, 9.17) is 4.74 Å². The van der Waals surface area contributed by atoms with Crippen molar-refractivity contribution in [3.8, 4) is 5.75 Å². The van der Waals surface area contributed by atoms with Gasteiger partial charge in [-0.1, -0.05) is 25.3 Å². The van der Waals surface area contributed by atoms with Crippen LogP contribution in [-0.4, -0.2) is 17.3 Å². The van der Waals surface area contributed by atoms with Gasteiger partial charge in [0.2, 0.25) is 0 Å². The van der Waals surface area contributed by atoms with Crippen molar-refractivity contribution in [2.75, 3.05) is 6.61 Å². The second-order valence-corrected chi connectivity index (χ2v) is 5.78. The first-order chi connectivity index (χ1) is 8.50. The third-order valence-electron chi connectivity index (χ3n) is 4.04. The number of aryl methyl sites for hydroxylation is 2. The highest BCUT2D eigenvalue weighted by Crippen LogP contribution is 2.30. The molecule has 0 saturated heterocycles. The van der Waals surface area contributed by atoms with Gasteiger partial charge in [-0.15, -0.1) is 0 Å². The minimum atomic E-state index is -0.609. The molecule has 1 aromatic carbocycles. The Bertz CT molecular complexity index is 417. The second kappa shape index (κ2) is 5.31. The predicted molar refractivity (Wildman–Crippen MR) is 74.2 cm³/mol. The van der Waals surface area contributed by atoms with E-state index in [2.05, 4.69) is 32.9 Å². The van der Waals surface area contributed by atoms with Gasteiger partial charge in [-0.3, -0.25) is 0 Å². The standard InChI is InChI=1S/C16H24O2/c1-12-9-13(2)14(3)15(10-12)18-11-16(17)7-5-4-6-8-16/h9-10,17H,4-8,11H2,1-3H3. The molecule has 2 heteroatoms. The van der Waals surface area contributed by atoms with Crippen LogP contribution in [0, 0.1) is 20.8 Å². The van der Waals surface area contributed by atoms with Crippen molar-refractivity contribution in [1.82, 2.24) is 0 Å². The highest BCUT2D eigenvalue weighted by atomic mass is 16.5. The molecular formula is C16H24O2. The van der Waals surface area contributed by atoms with E-state index in [0.717, 1.165) is 31.4 Å². The van der Waals surface area contributed by atoms with Crippen molar-refractivity contribution in [2.24, 2.45) is 0 Å². The zero-order chi connectivity index (χ0) is 13.2. The van der Waals surface area contributed by atoms with Crippen LogP contribution < -0.4 is 4.74 Å². The lowest BCUT2D eigenvalue weighted by Gasteiger charge is -2.32. The molecule has 2 rings (SSSR count). The van der Waals surface area contributed by atoms with Gasteiger partial charge < -0.3 is 9.84 Å². The molecule has 1 fully saturated rings. The largest absolute Gasteiger partial charge is 0.490 e. The number of benzene rings is 1. The summed E-state index contributed by atoms with van der Waals surface area (Å²) in [5, 5.41) is 10.4. The lowest BCUT2D eigenvalue weighted by Crippen LogP contribution is -2.38. The Balaban J connectivity index is 2.05. The fourth-order valence-corrected chi connectivity index (χ4v) is 2.72. The summed E-state index contributed by atoms with van der Waals surface area (Å²) in [7, 11) is 0. The molecule has 100 valence electrons. The van der Waals surface area contributed by atoms with Crippen molar-refractivity contribution >= 4 is 0 Å². The van der Waals surface area contributed by atoms with Crippen molar-refractivity contribution < 1.29 is 9.84 Å². The zero-order valence-electron chi connectivity index (χ0n) is 11.8. The summed E-state index contributed by atoms with van der Waals surface area (Å²) in [5.41, 5.74) is 3.03. The Morgan fingerprint density at radius 2 is 1.78 bits per heavy atom. The highest BCUT2D eigenvalue weighted by molar-refractivity contribution is 5.41. The molecule has 0 bridgehead atoms. The predicted octanol–water partition coefficient (Wildman–Crippen LogP) is 3.69. The molecule has 1 N–H and O–H groups in total. The van der Waals surface area contributed by atoms with E-state index in [0.29, 0.717) is 6.61 Å². The molecular weight excluding hydrogens is 224 g/mol. The van der Waals surface area contributed by atoms with Crippen LogP contribution in [0.15, 0.2) is 12.1 Å². The summed E-state index contributed by atoms with van der Waals surface area (Å²) in [4.78, 5) is 0. The van der Waals surface area contributed by atoms with E-state index in [1.54, 1.807) is 0 Å². The van der Waals surface area contributed by atoms with Gasteiger partial charge in [0.25, 0.3) is 0 Å². The molecule has 1 aliphatic carbocycles. The summed E-state index contributed by atoms with van der Waals surface area (Å²) in [6.45, 7) is 6.69. The smallest absolute Gasteiger partial charge is 0.122 e. The fraction of sp³-hybridized carbons (Fsp3) is 0.625. The average molecular weight is 248 g/mol. The minimum Gasteiger partial charge on any atom is -0.490 e. The van der Waals surface area contributed by atoms with Crippen LogP contribution in [0.3, 0.4) is 0 Å². The molecule has 1 aliphatic rings. The quantitative estimate of drug-likeness (QED) is 0.884. The lowest BCUT2D eigenvalue weighted by molar-refractivity contribution is -0.0340. The Kier molecular flexibility index (Phi) is 3.96. The van der Waals surface area contributed by atoms with Crippen LogP contribution in [-0.2, 0) is 0 Å². The number of hydrogen-bond acceptors (Lipinski definition) is 2. The number of aliphatic hydroxyl groups is 1. The van der Waals surface area contributed by atoms with Crippen molar-refractivity contribution in [3.05, 3.63) is 28.8 Å². The Morgan fingerprint density at radius 3 is 2.44 bits per heavy atom. The van der Waals surface area contributed by atoms with Crippen LogP contribution in [0.25, 0.3) is 0 Å². The summed E-state index contributed by atoms with van der Waals surface area (Å²) in [6.07, 6.45) is 5.22. The first kappa shape index (κ1) is 13.4. The topological polar surface area (TPSA) is 29.5 Å². The third-order valence-corrected chi connectivity index (χ3v) is 4.04. The molecule has 0 heterocycles. The molecule has 0 aliphatic heterocycles. The molecule has 18 heavy (non-hydrogen) atoms. The maximum Gasteiger partial charge on any atom is 0.122 e. The van der Waals surface area contributed by atoms with Crippen LogP contribution in [0.2, 0.25) is 0 Å². The molecule has 0 amide bonds. The van der Waals surface area contributed by atoms with Crippen LogP contribution in [0.5, 0.6) is 5.75 Å². The van der Waals surface area contributed by atoms with E-state index in [-0.39, 0.29) is 0 Å². The maximum absolute atomic E-state index is 10.4. The normalized spacial score (nSPS) is 18.7. The molecule has 0 radical (unpaired) electrons. The second-order valence-electron chi connectivity index (χ2n) is 5.78. The number of ether oxygens (including phenoxy) is 1. The minimum absolute atomic E-state index is 0.427. The molecule has 0 unspecified atom stereocenters. The Morgan fingerprint density at radius 1 is 1.11 bits per heavy atom. The third kappa shape index (κ3) is 3.05. The van der Waals surface area contributed by atoms with Gasteiger partial charge in [0.15, 0.2) is 0 Å². The van der Waals surface area contributed by atoms with Crippen LogP contribution >= 0.6 is 0 Å². The molecule has 0 spiro atoms. The van der Waals surface area contributed by atoms with Crippen molar-refractivity contribution in [3.63, 3.8) is 0 Å². The monoisotopic (exact) mass is 248 g/mol. The van der Waals surface area contributed by atoms with Gasteiger partial charge in [0.1, 0.15) is 12.4 Å². The summed E-state index contributed by atoms with van der Waals surface area (Å²) in [5.74, 6) is 0.923. The van der Waals surface area contributed by atoms with Gasteiger partial charge in [0.05, 0.1) is 5.60 Å². The number of hydrogen-bond donors (Lipinski definition) is 1. The average Bonchev–Trinajstić information content (AvgIpc) is 2.33. The Hall–Kier alpha value is -1.02. The summed E-state index contributed by atoms with van der Waals surface area (Å²) >= 11 is 0. The van der Waals surface area contributed by atoms with E-state index in [1.165, 1.54) is 23.1 Å². The molecule has 0 aromatic heterocycles. The van der Waals surface area contributed by atoms with E-state index in [9.17, 15) is 5.11 Å². The molecule has 1 saturated carbocycles. The van der Waals surface area contributed by atoms with Crippen LogP contribution in [0.4, 0.5) is 0 Å². The molecule has 2 nitrogen and oxygen atoms in total. The SMILES string of the molecule is Cc1cc(C)c(C)c(OCC2(O)CCCCC2)c1. The summed E-state index contributed by atoms with van der Waals surface area (Å²) < 4.78 is 5.89. The van der Waals surface area contributed by atoms with Gasteiger partial charge in [-0.05, 0) is 56.4 Å². The molecule has 0 atom stereocenters. The van der Waals surface area contributed by atoms with Crippen LogP contribution in [0.1, 0.15) is 48.8 Å². The Labute approximate surface area is 110 Å². The first-order valence-electron chi connectivity index (χ1n) is 6.93. The van der Waals surface area contributed by atoms with E-state index in [1.807, 2.05) is 0 Å². The van der Waals surface area contributed by atoms with Gasteiger partial charge >= 0.3 is 0 Å². The van der Waals surface area contributed by atoms with Gasteiger partial charge in [-0.2, -0.15) is 0 Å².